The number of carbonyl (C=O) groups excluding carboxylic acids is 1. The number of hydrogen-bond acceptors (Lipinski definition) is 4. The van der Waals surface area contributed by atoms with Crippen molar-refractivity contribution in [2.24, 2.45) is 0 Å². The van der Waals surface area contributed by atoms with Gasteiger partial charge in [0.1, 0.15) is 17.5 Å². The van der Waals surface area contributed by atoms with E-state index >= 15 is 0 Å². The maximum atomic E-state index is 12.7. The highest BCUT2D eigenvalue weighted by Crippen LogP contribution is 2.26. The van der Waals surface area contributed by atoms with Gasteiger partial charge in [-0.3, -0.25) is 4.79 Å². The van der Waals surface area contributed by atoms with Crippen LogP contribution in [0.2, 0.25) is 0 Å². The molecule has 136 valence electrons. The van der Waals surface area contributed by atoms with Gasteiger partial charge in [-0.05, 0) is 18.6 Å². The lowest BCUT2D eigenvalue weighted by molar-refractivity contribution is -0.133. The summed E-state index contributed by atoms with van der Waals surface area (Å²) in [6, 6.07) is 4.39. The van der Waals surface area contributed by atoms with Gasteiger partial charge in [0.2, 0.25) is 5.91 Å². The van der Waals surface area contributed by atoms with Crippen LogP contribution in [0.1, 0.15) is 12.0 Å². The number of rotatable bonds is 10. The molecule has 0 heterocycles. The highest BCUT2D eigenvalue weighted by molar-refractivity contribution is 5.85. The molecule has 0 radical (unpaired) electrons. The minimum atomic E-state index is -1.26. The van der Waals surface area contributed by atoms with Crippen LogP contribution >= 0.6 is 0 Å². The first-order valence-corrected chi connectivity index (χ1v) is 7.67. The third-order valence-electron chi connectivity index (χ3n) is 3.51. The third kappa shape index (κ3) is 5.87. The standard InChI is InChI=1S/C18H24N2O5/c1-5-7-15(19-18(22)23)17(21)20(10-6-2)12-13-8-9-14(24-3)11-16(13)25-4/h5-6,8-9,11,15,19H,1-2,7,10,12H2,3-4H3,(H,22,23)/t15-/m1/s1. The lowest BCUT2D eigenvalue weighted by Crippen LogP contribution is -2.47. The number of carbonyl (C=O) groups is 2. The molecule has 1 atom stereocenters. The van der Waals surface area contributed by atoms with Crippen molar-refractivity contribution in [1.82, 2.24) is 10.2 Å². The van der Waals surface area contributed by atoms with Crippen molar-refractivity contribution >= 4 is 12.0 Å². The number of carboxylic acid groups (broad SMARTS) is 1. The molecule has 1 aromatic rings. The molecule has 0 aliphatic rings. The molecule has 0 bridgehead atoms. The van der Waals surface area contributed by atoms with Gasteiger partial charge in [0.15, 0.2) is 0 Å². The Balaban J connectivity index is 3.06. The molecule has 0 aliphatic heterocycles. The van der Waals surface area contributed by atoms with E-state index in [0.717, 1.165) is 5.56 Å². The predicted octanol–water partition coefficient (Wildman–Crippen LogP) is 2.43. The molecule has 0 saturated heterocycles. The van der Waals surface area contributed by atoms with Gasteiger partial charge in [0.05, 0.1) is 14.2 Å². The molecular weight excluding hydrogens is 324 g/mol. The fraction of sp³-hybridized carbons (Fsp3) is 0.333. The molecule has 0 spiro atoms. The zero-order valence-corrected chi connectivity index (χ0v) is 14.5. The van der Waals surface area contributed by atoms with Crippen molar-refractivity contribution in [1.29, 1.82) is 0 Å². The molecule has 0 aromatic heterocycles. The first-order valence-electron chi connectivity index (χ1n) is 7.67. The second-order valence-electron chi connectivity index (χ2n) is 5.21. The number of nitrogens with zero attached hydrogens (tertiary/aromatic N) is 1. The zero-order valence-electron chi connectivity index (χ0n) is 14.5. The first-order chi connectivity index (χ1) is 12.0. The summed E-state index contributed by atoms with van der Waals surface area (Å²) in [6.45, 7) is 7.74. The SMILES string of the molecule is C=CC[C@@H](NC(=O)O)C(=O)N(CC=C)Cc1ccc(OC)cc1OC. The van der Waals surface area contributed by atoms with E-state index in [9.17, 15) is 9.59 Å². The molecule has 25 heavy (non-hydrogen) atoms. The van der Waals surface area contributed by atoms with Crippen molar-refractivity contribution in [3.63, 3.8) is 0 Å². The molecule has 2 N–H and O–H groups in total. The third-order valence-corrected chi connectivity index (χ3v) is 3.51. The summed E-state index contributed by atoms with van der Waals surface area (Å²) in [7, 11) is 3.09. The van der Waals surface area contributed by atoms with Gasteiger partial charge < -0.3 is 24.8 Å². The van der Waals surface area contributed by atoms with Gasteiger partial charge in [0, 0.05) is 24.7 Å². The van der Waals surface area contributed by atoms with E-state index in [0.29, 0.717) is 11.5 Å². The Bertz CT molecular complexity index is 630. The first kappa shape index (κ1) is 20.1. The summed E-state index contributed by atoms with van der Waals surface area (Å²) in [6.07, 6.45) is 2.01. The Kier molecular flexibility index (Phi) is 8.05. The van der Waals surface area contributed by atoms with Crippen LogP contribution in [0.25, 0.3) is 0 Å². The molecule has 0 aliphatic carbocycles. The topological polar surface area (TPSA) is 88.1 Å². The van der Waals surface area contributed by atoms with Gasteiger partial charge in [-0.15, -0.1) is 13.2 Å². The average molecular weight is 348 g/mol. The summed E-state index contributed by atoms with van der Waals surface area (Å²) >= 11 is 0. The Labute approximate surface area is 147 Å². The number of amides is 2. The molecular formula is C18H24N2O5. The Morgan fingerprint density at radius 2 is 2.00 bits per heavy atom. The maximum Gasteiger partial charge on any atom is 0.405 e. The van der Waals surface area contributed by atoms with E-state index < -0.39 is 12.1 Å². The van der Waals surface area contributed by atoms with Crippen LogP contribution in [0.4, 0.5) is 4.79 Å². The van der Waals surface area contributed by atoms with Crippen LogP contribution in [-0.2, 0) is 11.3 Å². The number of ether oxygens (including phenoxy) is 2. The summed E-state index contributed by atoms with van der Waals surface area (Å²) in [4.78, 5) is 25.2. The average Bonchev–Trinajstić information content (AvgIpc) is 2.60. The molecule has 0 saturated carbocycles. The molecule has 7 nitrogen and oxygen atoms in total. The number of benzene rings is 1. The number of nitrogens with one attached hydrogen (secondary N) is 1. The van der Waals surface area contributed by atoms with E-state index in [4.69, 9.17) is 14.6 Å². The van der Waals surface area contributed by atoms with Crippen molar-refractivity contribution in [3.05, 3.63) is 49.1 Å². The number of hydrogen-bond donors (Lipinski definition) is 2. The Morgan fingerprint density at radius 3 is 2.52 bits per heavy atom. The molecule has 1 rings (SSSR count). The molecule has 0 fully saturated rings. The van der Waals surface area contributed by atoms with E-state index in [-0.39, 0.29) is 25.4 Å². The van der Waals surface area contributed by atoms with Crippen LogP contribution in [-0.4, -0.2) is 48.8 Å². The van der Waals surface area contributed by atoms with E-state index in [1.165, 1.54) is 18.1 Å². The highest BCUT2D eigenvalue weighted by Gasteiger charge is 2.25. The van der Waals surface area contributed by atoms with Crippen molar-refractivity contribution < 1.29 is 24.2 Å². The van der Waals surface area contributed by atoms with E-state index in [1.54, 1.807) is 31.4 Å². The van der Waals surface area contributed by atoms with Gasteiger partial charge >= 0.3 is 6.09 Å². The van der Waals surface area contributed by atoms with Gasteiger partial charge in [-0.25, -0.2) is 4.79 Å². The summed E-state index contributed by atoms with van der Waals surface area (Å²) in [5.41, 5.74) is 0.770. The summed E-state index contributed by atoms with van der Waals surface area (Å²) < 4.78 is 10.5. The van der Waals surface area contributed by atoms with Crippen LogP contribution in [0.5, 0.6) is 11.5 Å². The molecule has 0 unspecified atom stereocenters. The smallest absolute Gasteiger partial charge is 0.405 e. The second kappa shape index (κ2) is 10.0. The van der Waals surface area contributed by atoms with Crippen molar-refractivity contribution in [3.8, 4) is 11.5 Å². The fourth-order valence-electron chi connectivity index (χ4n) is 2.33. The van der Waals surface area contributed by atoms with Gasteiger partial charge in [0.25, 0.3) is 0 Å². The minimum Gasteiger partial charge on any atom is -0.497 e. The van der Waals surface area contributed by atoms with Crippen LogP contribution < -0.4 is 14.8 Å². The van der Waals surface area contributed by atoms with Crippen LogP contribution in [0.3, 0.4) is 0 Å². The molecule has 2 amide bonds. The van der Waals surface area contributed by atoms with Gasteiger partial charge in [-0.1, -0.05) is 12.2 Å². The van der Waals surface area contributed by atoms with E-state index in [1.807, 2.05) is 0 Å². The van der Waals surface area contributed by atoms with Crippen LogP contribution in [0.15, 0.2) is 43.5 Å². The van der Waals surface area contributed by atoms with E-state index in [2.05, 4.69) is 18.5 Å². The lowest BCUT2D eigenvalue weighted by Gasteiger charge is -2.26. The fourth-order valence-corrected chi connectivity index (χ4v) is 2.33. The monoisotopic (exact) mass is 348 g/mol. The lowest BCUT2D eigenvalue weighted by atomic mass is 10.1. The maximum absolute atomic E-state index is 12.7. The van der Waals surface area contributed by atoms with Crippen LogP contribution in [0, 0.1) is 0 Å². The molecule has 1 aromatic carbocycles. The van der Waals surface area contributed by atoms with Gasteiger partial charge in [-0.2, -0.15) is 0 Å². The summed E-state index contributed by atoms with van der Waals surface area (Å²) in [5.74, 6) is 0.854. The molecule has 7 heteroatoms. The largest absolute Gasteiger partial charge is 0.497 e. The predicted molar refractivity (Wildman–Crippen MR) is 94.9 cm³/mol. The Hall–Kier alpha value is -2.96. The normalized spacial score (nSPS) is 11.1. The summed E-state index contributed by atoms with van der Waals surface area (Å²) in [5, 5.41) is 11.2. The number of methoxy groups -OCH3 is 2. The Morgan fingerprint density at radius 1 is 1.28 bits per heavy atom. The minimum absolute atomic E-state index is 0.193. The van der Waals surface area contributed by atoms with Crippen molar-refractivity contribution in [2.75, 3.05) is 20.8 Å². The zero-order chi connectivity index (χ0) is 18.8. The van der Waals surface area contributed by atoms with Crippen molar-refractivity contribution in [2.45, 2.75) is 19.0 Å². The highest BCUT2D eigenvalue weighted by atomic mass is 16.5. The quantitative estimate of drug-likeness (QED) is 0.634. The second-order valence-corrected chi connectivity index (χ2v) is 5.21.